The van der Waals surface area contributed by atoms with Gasteiger partial charge in [0.05, 0.1) is 6.10 Å². The summed E-state index contributed by atoms with van der Waals surface area (Å²) in [6.07, 6.45) is 8.08. The van der Waals surface area contributed by atoms with Crippen molar-refractivity contribution < 1.29 is 13.9 Å². The average molecular weight is 322 g/mol. The molecule has 0 N–H and O–H groups in total. The van der Waals surface area contributed by atoms with Gasteiger partial charge >= 0.3 is 0 Å². The summed E-state index contributed by atoms with van der Waals surface area (Å²) in [4.78, 5) is 0. The van der Waals surface area contributed by atoms with Crippen LogP contribution >= 0.6 is 0 Å². The van der Waals surface area contributed by atoms with Gasteiger partial charge in [0.15, 0.2) is 0 Å². The van der Waals surface area contributed by atoms with Gasteiger partial charge in [-0.1, -0.05) is 19.4 Å². The maximum Gasteiger partial charge on any atom is 0.123 e. The molecule has 2 atom stereocenters. The van der Waals surface area contributed by atoms with Crippen LogP contribution in [0.15, 0.2) is 18.2 Å². The van der Waals surface area contributed by atoms with Gasteiger partial charge in [-0.3, -0.25) is 0 Å². The molecule has 2 rings (SSSR count). The molecule has 1 aromatic rings. The second-order valence-electron chi connectivity index (χ2n) is 6.68. The molecule has 23 heavy (non-hydrogen) atoms. The van der Waals surface area contributed by atoms with Crippen LogP contribution in [0.1, 0.15) is 68.9 Å². The third kappa shape index (κ3) is 6.23. The molecule has 0 bridgehead atoms. The molecule has 1 fully saturated rings. The zero-order valence-corrected chi connectivity index (χ0v) is 14.7. The Balaban J connectivity index is 1.70. The van der Waals surface area contributed by atoms with Gasteiger partial charge in [-0.05, 0) is 68.7 Å². The Hall–Kier alpha value is -0.930. The molecular weight excluding hydrogens is 291 g/mol. The lowest BCUT2D eigenvalue weighted by Gasteiger charge is -2.21. The third-order valence-corrected chi connectivity index (χ3v) is 4.56. The molecule has 1 saturated carbocycles. The molecule has 3 heteroatoms. The van der Waals surface area contributed by atoms with Crippen LogP contribution in [0, 0.1) is 12.7 Å². The monoisotopic (exact) mass is 322 g/mol. The van der Waals surface area contributed by atoms with E-state index < -0.39 is 0 Å². The normalized spacial score (nSPS) is 21.0. The van der Waals surface area contributed by atoms with Crippen molar-refractivity contribution in [1.29, 1.82) is 0 Å². The first-order valence-corrected chi connectivity index (χ1v) is 9.17. The second-order valence-corrected chi connectivity index (χ2v) is 6.68. The number of ether oxygens (including phenoxy) is 2. The van der Waals surface area contributed by atoms with E-state index >= 15 is 0 Å². The molecule has 2 unspecified atom stereocenters. The van der Waals surface area contributed by atoms with Crippen LogP contribution in [0.5, 0.6) is 0 Å². The molecule has 1 aliphatic rings. The molecule has 0 radical (unpaired) electrons. The van der Waals surface area contributed by atoms with Gasteiger partial charge < -0.3 is 9.47 Å². The zero-order chi connectivity index (χ0) is 16.5. The van der Waals surface area contributed by atoms with E-state index in [1.54, 1.807) is 12.1 Å². The molecule has 1 aliphatic carbocycles. The van der Waals surface area contributed by atoms with Crippen molar-refractivity contribution >= 4 is 0 Å². The number of hydrogen-bond acceptors (Lipinski definition) is 2. The number of halogens is 1. The molecule has 2 nitrogen and oxygen atoms in total. The van der Waals surface area contributed by atoms with Crippen LogP contribution in [0.4, 0.5) is 4.39 Å². The fraction of sp³-hybridized carbons (Fsp3) is 0.700. The predicted molar refractivity (Wildman–Crippen MR) is 92.4 cm³/mol. The lowest BCUT2D eigenvalue weighted by molar-refractivity contribution is 0.0427. The van der Waals surface area contributed by atoms with Crippen molar-refractivity contribution in [2.75, 3.05) is 19.8 Å². The Bertz CT molecular complexity index is 441. The third-order valence-electron chi connectivity index (χ3n) is 4.56. The highest BCUT2D eigenvalue weighted by Crippen LogP contribution is 2.37. The lowest BCUT2D eigenvalue weighted by atomic mass is 9.94. The van der Waals surface area contributed by atoms with Gasteiger partial charge in [0.25, 0.3) is 0 Å². The van der Waals surface area contributed by atoms with E-state index in [4.69, 9.17) is 9.47 Å². The summed E-state index contributed by atoms with van der Waals surface area (Å²) in [6.45, 7) is 6.63. The molecule has 0 aromatic heterocycles. The summed E-state index contributed by atoms with van der Waals surface area (Å²) >= 11 is 0. The molecule has 0 saturated heterocycles. The number of benzene rings is 1. The van der Waals surface area contributed by atoms with Crippen molar-refractivity contribution in [3.63, 3.8) is 0 Å². The van der Waals surface area contributed by atoms with E-state index in [9.17, 15) is 4.39 Å². The standard InChI is InChI=1S/C20H31FO2/c1-3-10-22-11-5-4-6-12-23-20-9-7-8-19(20)17-13-16(2)14-18(21)15-17/h13-15,19-20H,3-12H2,1-2H3. The minimum atomic E-state index is -0.127. The van der Waals surface area contributed by atoms with E-state index in [-0.39, 0.29) is 11.9 Å². The summed E-state index contributed by atoms with van der Waals surface area (Å²) in [7, 11) is 0. The summed E-state index contributed by atoms with van der Waals surface area (Å²) in [5, 5.41) is 0. The summed E-state index contributed by atoms with van der Waals surface area (Å²) < 4.78 is 25.2. The maximum absolute atomic E-state index is 13.6. The fourth-order valence-corrected chi connectivity index (χ4v) is 3.45. The van der Waals surface area contributed by atoms with Crippen LogP contribution in [-0.4, -0.2) is 25.9 Å². The summed E-state index contributed by atoms with van der Waals surface area (Å²) in [5.74, 6) is 0.231. The highest BCUT2D eigenvalue weighted by molar-refractivity contribution is 5.28. The SMILES string of the molecule is CCCOCCCCCOC1CCCC1c1cc(C)cc(F)c1. The minimum absolute atomic E-state index is 0.127. The van der Waals surface area contributed by atoms with Gasteiger partial charge in [-0.15, -0.1) is 0 Å². The Kier molecular flexibility index (Phi) is 8.04. The molecular formula is C20H31FO2. The first-order chi connectivity index (χ1) is 11.2. The molecule has 1 aromatic carbocycles. The van der Waals surface area contributed by atoms with Gasteiger partial charge in [-0.25, -0.2) is 4.39 Å². The average Bonchev–Trinajstić information content (AvgIpc) is 2.97. The predicted octanol–water partition coefficient (Wildman–Crippen LogP) is 5.38. The van der Waals surface area contributed by atoms with E-state index in [0.717, 1.165) is 69.5 Å². The van der Waals surface area contributed by atoms with E-state index in [0.29, 0.717) is 5.92 Å². The highest BCUT2D eigenvalue weighted by Gasteiger charge is 2.29. The Morgan fingerprint density at radius 2 is 1.87 bits per heavy atom. The lowest BCUT2D eigenvalue weighted by Crippen LogP contribution is -2.17. The van der Waals surface area contributed by atoms with Crippen LogP contribution < -0.4 is 0 Å². The fourth-order valence-electron chi connectivity index (χ4n) is 3.45. The van der Waals surface area contributed by atoms with Crippen LogP contribution in [0.2, 0.25) is 0 Å². The first-order valence-electron chi connectivity index (χ1n) is 9.17. The summed E-state index contributed by atoms with van der Waals surface area (Å²) in [5.41, 5.74) is 2.11. The molecule has 0 aliphatic heterocycles. The largest absolute Gasteiger partial charge is 0.381 e. The molecule has 130 valence electrons. The number of unbranched alkanes of at least 4 members (excludes halogenated alkanes) is 2. The van der Waals surface area contributed by atoms with Crippen LogP contribution in [0.25, 0.3) is 0 Å². The topological polar surface area (TPSA) is 18.5 Å². The smallest absolute Gasteiger partial charge is 0.123 e. The maximum atomic E-state index is 13.6. The number of rotatable bonds is 10. The first kappa shape index (κ1) is 18.4. The van der Waals surface area contributed by atoms with Crippen molar-refractivity contribution in [3.8, 4) is 0 Å². The second kappa shape index (κ2) is 10.0. The van der Waals surface area contributed by atoms with Crippen molar-refractivity contribution in [1.82, 2.24) is 0 Å². The minimum Gasteiger partial charge on any atom is -0.381 e. The Morgan fingerprint density at radius 1 is 1.04 bits per heavy atom. The number of aryl methyl sites for hydroxylation is 1. The van der Waals surface area contributed by atoms with Crippen LogP contribution in [0.3, 0.4) is 0 Å². The van der Waals surface area contributed by atoms with Crippen LogP contribution in [-0.2, 0) is 9.47 Å². The molecule has 0 heterocycles. The van der Waals surface area contributed by atoms with E-state index in [2.05, 4.69) is 13.0 Å². The highest BCUT2D eigenvalue weighted by atomic mass is 19.1. The zero-order valence-electron chi connectivity index (χ0n) is 14.7. The van der Waals surface area contributed by atoms with Gasteiger partial charge in [0.1, 0.15) is 5.82 Å². The Labute approximate surface area is 140 Å². The quantitative estimate of drug-likeness (QED) is 0.538. The molecule has 0 spiro atoms. The van der Waals surface area contributed by atoms with E-state index in [1.807, 2.05) is 6.92 Å². The van der Waals surface area contributed by atoms with Gasteiger partial charge in [0.2, 0.25) is 0 Å². The van der Waals surface area contributed by atoms with E-state index in [1.165, 1.54) is 6.42 Å². The van der Waals surface area contributed by atoms with Crippen molar-refractivity contribution in [3.05, 3.63) is 35.1 Å². The summed E-state index contributed by atoms with van der Waals surface area (Å²) in [6, 6.07) is 5.39. The van der Waals surface area contributed by atoms with Gasteiger partial charge in [-0.2, -0.15) is 0 Å². The van der Waals surface area contributed by atoms with Crippen molar-refractivity contribution in [2.45, 2.75) is 70.8 Å². The molecule has 0 amide bonds. The number of hydrogen-bond donors (Lipinski definition) is 0. The van der Waals surface area contributed by atoms with Gasteiger partial charge in [0, 0.05) is 25.7 Å². The van der Waals surface area contributed by atoms with Crippen molar-refractivity contribution in [2.24, 2.45) is 0 Å². The Morgan fingerprint density at radius 3 is 2.65 bits per heavy atom.